The van der Waals surface area contributed by atoms with Gasteiger partial charge in [-0.05, 0) is 53.8 Å². The van der Waals surface area contributed by atoms with E-state index in [1.165, 1.54) is 12.1 Å². The van der Waals surface area contributed by atoms with Gasteiger partial charge in [0, 0.05) is 25.2 Å². The molecule has 3 aromatic carbocycles. The van der Waals surface area contributed by atoms with Gasteiger partial charge in [-0.2, -0.15) is 0 Å². The van der Waals surface area contributed by atoms with Crippen molar-refractivity contribution in [3.8, 4) is 0 Å². The topological polar surface area (TPSA) is 61.4 Å². The third kappa shape index (κ3) is 5.32. The van der Waals surface area contributed by atoms with Gasteiger partial charge < -0.3 is 15.5 Å². The largest absolute Gasteiger partial charge is 0.334 e. The molecule has 1 fully saturated rings. The third-order valence-corrected chi connectivity index (χ3v) is 5.62. The maximum atomic E-state index is 13.4. The van der Waals surface area contributed by atoms with Crippen LogP contribution < -0.4 is 10.6 Å². The molecule has 32 heavy (non-hydrogen) atoms. The predicted molar refractivity (Wildman–Crippen MR) is 122 cm³/mol. The molecule has 6 heteroatoms. The summed E-state index contributed by atoms with van der Waals surface area (Å²) in [7, 11) is 1.73. The van der Waals surface area contributed by atoms with Crippen LogP contribution in [-0.4, -0.2) is 23.9 Å². The summed E-state index contributed by atoms with van der Waals surface area (Å²) in [4.78, 5) is 26.4. The number of nitrogens with one attached hydrogen (secondary N) is 2. The molecular weight excluding hydrogens is 405 g/mol. The van der Waals surface area contributed by atoms with Gasteiger partial charge in [-0.25, -0.2) is 9.18 Å². The van der Waals surface area contributed by atoms with Gasteiger partial charge in [0.25, 0.3) is 0 Å². The minimum atomic E-state index is -0.350. The van der Waals surface area contributed by atoms with Crippen molar-refractivity contribution in [1.29, 1.82) is 0 Å². The summed E-state index contributed by atoms with van der Waals surface area (Å²) in [6.45, 7) is 0.352. The number of hydrogen-bond acceptors (Lipinski definition) is 2. The van der Waals surface area contributed by atoms with Crippen LogP contribution in [0.15, 0.2) is 78.9 Å². The molecule has 1 unspecified atom stereocenters. The van der Waals surface area contributed by atoms with Crippen molar-refractivity contribution < 1.29 is 14.0 Å². The van der Waals surface area contributed by atoms with Gasteiger partial charge in [0.2, 0.25) is 5.91 Å². The Hall–Kier alpha value is -3.67. The zero-order chi connectivity index (χ0) is 22.5. The molecule has 3 amide bonds. The van der Waals surface area contributed by atoms with E-state index in [4.69, 9.17) is 0 Å². The van der Waals surface area contributed by atoms with Crippen molar-refractivity contribution in [3.05, 3.63) is 101 Å². The minimum Gasteiger partial charge on any atom is -0.334 e. The van der Waals surface area contributed by atoms with E-state index < -0.39 is 0 Å². The number of carbonyl (C=O) groups excluding carboxylic acids is 2. The predicted octanol–water partition coefficient (Wildman–Crippen LogP) is 5.11. The van der Waals surface area contributed by atoms with Gasteiger partial charge in [0.1, 0.15) is 5.82 Å². The number of hydrogen-bond donors (Lipinski definition) is 2. The van der Waals surface area contributed by atoms with Crippen LogP contribution in [0.3, 0.4) is 0 Å². The van der Waals surface area contributed by atoms with Crippen LogP contribution in [0.4, 0.5) is 14.9 Å². The lowest BCUT2D eigenvalue weighted by Crippen LogP contribution is -2.39. The second kappa shape index (κ2) is 9.64. The van der Waals surface area contributed by atoms with Crippen LogP contribution >= 0.6 is 0 Å². The van der Waals surface area contributed by atoms with E-state index in [9.17, 15) is 14.0 Å². The SMILES string of the molecule is CN(C(=O)NCc1ccc(NC(=O)C2CC2)cc1)C(c1ccccc1)c1ccc(F)cc1. The fourth-order valence-electron chi connectivity index (χ4n) is 3.64. The fourth-order valence-corrected chi connectivity index (χ4v) is 3.64. The number of halogens is 1. The molecule has 2 N–H and O–H groups in total. The van der Waals surface area contributed by atoms with E-state index >= 15 is 0 Å². The molecule has 1 aliphatic carbocycles. The van der Waals surface area contributed by atoms with E-state index in [-0.39, 0.29) is 29.7 Å². The highest BCUT2D eigenvalue weighted by Gasteiger charge is 2.29. The number of urea groups is 1. The molecule has 3 aromatic rings. The van der Waals surface area contributed by atoms with Gasteiger partial charge in [0.05, 0.1) is 6.04 Å². The van der Waals surface area contributed by atoms with Gasteiger partial charge >= 0.3 is 6.03 Å². The van der Waals surface area contributed by atoms with E-state index in [1.807, 2.05) is 54.6 Å². The smallest absolute Gasteiger partial charge is 0.318 e. The average Bonchev–Trinajstić information content (AvgIpc) is 3.66. The van der Waals surface area contributed by atoms with Crippen LogP contribution in [0.2, 0.25) is 0 Å². The first-order valence-corrected chi connectivity index (χ1v) is 10.7. The Bertz CT molecular complexity index is 1060. The lowest BCUT2D eigenvalue weighted by molar-refractivity contribution is -0.117. The van der Waals surface area contributed by atoms with Crippen LogP contribution in [0.25, 0.3) is 0 Å². The molecule has 5 nitrogen and oxygen atoms in total. The maximum absolute atomic E-state index is 13.4. The van der Waals surface area contributed by atoms with Crippen LogP contribution in [0.5, 0.6) is 0 Å². The lowest BCUT2D eigenvalue weighted by Gasteiger charge is -2.29. The van der Waals surface area contributed by atoms with Crippen molar-refractivity contribution in [2.24, 2.45) is 5.92 Å². The highest BCUT2D eigenvalue weighted by Crippen LogP contribution is 2.30. The van der Waals surface area contributed by atoms with Gasteiger partial charge in [-0.3, -0.25) is 4.79 Å². The molecular formula is C26H26FN3O2. The van der Waals surface area contributed by atoms with E-state index in [0.29, 0.717) is 6.54 Å². The molecule has 164 valence electrons. The summed E-state index contributed by atoms with van der Waals surface area (Å²) in [6, 6.07) is 22.7. The van der Waals surface area contributed by atoms with E-state index in [0.717, 1.165) is 35.2 Å². The molecule has 0 aliphatic heterocycles. The quantitative estimate of drug-likeness (QED) is 0.546. The molecule has 1 atom stereocenters. The Balaban J connectivity index is 1.41. The Morgan fingerprint density at radius 3 is 2.19 bits per heavy atom. The Morgan fingerprint density at radius 1 is 0.938 bits per heavy atom. The normalized spacial score (nSPS) is 13.8. The number of benzene rings is 3. The highest BCUT2D eigenvalue weighted by atomic mass is 19.1. The molecule has 0 saturated heterocycles. The van der Waals surface area contributed by atoms with E-state index in [1.54, 1.807) is 24.1 Å². The lowest BCUT2D eigenvalue weighted by atomic mass is 9.97. The first-order chi connectivity index (χ1) is 15.5. The second-order valence-corrected chi connectivity index (χ2v) is 8.09. The first kappa shape index (κ1) is 21.6. The summed E-state index contributed by atoms with van der Waals surface area (Å²) in [5, 5.41) is 5.85. The summed E-state index contributed by atoms with van der Waals surface area (Å²) in [5.41, 5.74) is 3.45. The van der Waals surface area contributed by atoms with Crippen LogP contribution in [-0.2, 0) is 11.3 Å². The molecule has 0 spiro atoms. The number of rotatable bonds is 7. The van der Waals surface area contributed by atoms with Crippen molar-refractivity contribution in [2.45, 2.75) is 25.4 Å². The van der Waals surface area contributed by atoms with Gasteiger partial charge in [-0.1, -0.05) is 54.6 Å². The first-order valence-electron chi connectivity index (χ1n) is 10.7. The van der Waals surface area contributed by atoms with Crippen molar-refractivity contribution in [1.82, 2.24) is 10.2 Å². The van der Waals surface area contributed by atoms with Crippen molar-refractivity contribution >= 4 is 17.6 Å². The fraction of sp³-hybridized carbons (Fsp3) is 0.231. The highest BCUT2D eigenvalue weighted by molar-refractivity contribution is 5.94. The number of nitrogens with zero attached hydrogens (tertiary/aromatic N) is 1. The molecule has 0 radical (unpaired) electrons. The van der Waals surface area contributed by atoms with Crippen molar-refractivity contribution in [2.75, 3.05) is 12.4 Å². The minimum absolute atomic E-state index is 0.0698. The Kier molecular flexibility index (Phi) is 6.50. The summed E-state index contributed by atoms with van der Waals surface area (Å²) >= 11 is 0. The van der Waals surface area contributed by atoms with Gasteiger partial charge in [-0.15, -0.1) is 0 Å². The van der Waals surface area contributed by atoms with Crippen LogP contribution in [0, 0.1) is 11.7 Å². The number of anilines is 1. The summed E-state index contributed by atoms with van der Waals surface area (Å²) in [6.07, 6.45) is 1.93. The molecule has 0 aromatic heterocycles. The molecule has 4 rings (SSSR count). The molecule has 1 saturated carbocycles. The maximum Gasteiger partial charge on any atom is 0.318 e. The van der Waals surface area contributed by atoms with Gasteiger partial charge in [0.15, 0.2) is 0 Å². The molecule has 0 heterocycles. The van der Waals surface area contributed by atoms with Crippen LogP contribution in [0.1, 0.15) is 35.6 Å². The Labute approximate surface area is 187 Å². The zero-order valence-corrected chi connectivity index (χ0v) is 17.9. The molecule has 1 aliphatic rings. The second-order valence-electron chi connectivity index (χ2n) is 8.09. The Morgan fingerprint density at radius 2 is 1.56 bits per heavy atom. The van der Waals surface area contributed by atoms with E-state index in [2.05, 4.69) is 10.6 Å². The molecule has 0 bridgehead atoms. The summed E-state index contributed by atoms with van der Waals surface area (Å²) in [5.74, 6) is -0.0898. The average molecular weight is 432 g/mol. The number of carbonyl (C=O) groups is 2. The zero-order valence-electron chi connectivity index (χ0n) is 17.9. The monoisotopic (exact) mass is 431 g/mol. The summed E-state index contributed by atoms with van der Waals surface area (Å²) < 4.78 is 13.4. The third-order valence-electron chi connectivity index (χ3n) is 5.62. The standard InChI is InChI=1S/C26H26FN3O2/c1-30(24(19-5-3-2-4-6-19)20-11-13-22(27)14-12-20)26(32)28-17-18-7-15-23(16-8-18)29-25(31)21-9-10-21/h2-8,11-16,21,24H,9-10,17H2,1H3,(H,28,32)(H,29,31). The van der Waals surface area contributed by atoms with Crippen molar-refractivity contribution in [3.63, 3.8) is 0 Å². The number of amides is 3.